The molecule has 0 aliphatic carbocycles. The zero-order valence-corrected chi connectivity index (χ0v) is 7.14. The molecule has 0 saturated heterocycles. The second-order valence-corrected chi connectivity index (χ2v) is 2.92. The van der Waals surface area contributed by atoms with E-state index in [0.717, 1.165) is 12.8 Å². The van der Waals surface area contributed by atoms with Crippen molar-refractivity contribution in [3.05, 3.63) is 12.7 Å². The van der Waals surface area contributed by atoms with E-state index in [2.05, 4.69) is 20.4 Å². The van der Waals surface area contributed by atoms with Crippen molar-refractivity contribution < 1.29 is 0 Å². The van der Waals surface area contributed by atoms with E-state index < -0.39 is 0 Å². The predicted molar refractivity (Wildman–Crippen MR) is 46.9 cm³/mol. The quantitative estimate of drug-likeness (QED) is 0.584. The van der Waals surface area contributed by atoms with Gasteiger partial charge < -0.3 is 5.73 Å². The van der Waals surface area contributed by atoms with Gasteiger partial charge >= 0.3 is 0 Å². The minimum atomic E-state index is 0.364. The lowest BCUT2D eigenvalue weighted by molar-refractivity contribution is 0.422. The maximum atomic E-state index is 5.87. The fourth-order valence-electron chi connectivity index (χ4n) is 0.898. The van der Waals surface area contributed by atoms with Crippen molar-refractivity contribution in [3.8, 4) is 0 Å². The molecule has 0 aromatic carbocycles. The van der Waals surface area contributed by atoms with E-state index in [1.807, 2.05) is 6.08 Å². The Balaban J connectivity index is 3.40. The Labute approximate surface area is 64.3 Å². The molecular weight excluding hydrogens is 122 g/mol. The average Bonchev–Trinajstić information content (AvgIpc) is 1.98. The van der Waals surface area contributed by atoms with Crippen molar-refractivity contribution in [1.29, 1.82) is 0 Å². The molecule has 0 spiro atoms. The summed E-state index contributed by atoms with van der Waals surface area (Å²) in [4.78, 5) is 0. The Morgan fingerprint density at radius 1 is 1.60 bits per heavy atom. The molecule has 0 saturated carbocycles. The Kier molecular flexibility index (Phi) is 5.32. The molecule has 1 heteroatoms. The predicted octanol–water partition coefficient (Wildman–Crippen LogP) is 2.33. The molecule has 0 aliphatic heterocycles. The van der Waals surface area contributed by atoms with Gasteiger partial charge in [-0.1, -0.05) is 26.3 Å². The van der Waals surface area contributed by atoms with Gasteiger partial charge in [0.1, 0.15) is 0 Å². The summed E-state index contributed by atoms with van der Waals surface area (Å²) in [5.41, 5.74) is 5.87. The summed E-state index contributed by atoms with van der Waals surface area (Å²) in [6.45, 7) is 8.04. The van der Waals surface area contributed by atoms with Crippen molar-refractivity contribution in [3.63, 3.8) is 0 Å². The van der Waals surface area contributed by atoms with E-state index in [-0.39, 0.29) is 0 Å². The van der Waals surface area contributed by atoms with Gasteiger partial charge in [-0.05, 0) is 18.8 Å². The molecule has 0 radical (unpaired) electrons. The second-order valence-electron chi connectivity index (χ2n) is 2.92. The Hall–Kier alpha value is -0.300. The first-order chi connectivity index (χ1) is 4.72. The third-order valence-electron chi connectivity index (χ3n) is 2.08. The smallest absolute Gasteiger partial charge is 0.00673 e. The molecule has 1 nitrogen and oxygen atoms in total. The first-order valence-electron chi connectivity index (χ1n) is 4.08. The van der Waals surface area contributed by atoms with Crippen LogP contribution in [0.5, 0.6) is 0 Å². The van der Waals surface area contributed by atoms with Crippen molar-refractivity contribution in [2.75, 3.05) is 0 Å². The molecule has 0 aromatic heterocycles. The molecule has 0 heterocycles. The molecule has 2 unspecified atom stereocenters. The van der Waals surface area contributed by atoms with Crippen LogP contribution in [0.4, 0.5) is 0 Å². The van der Waals surface area contributed by atoms with Crippen LogP contribution in [-0.2, 0) is 0 Å². The van der Waals surface area contributed by atoms with Gasteiger partial charge in [0, 0.05) is 6.04 Å². The largest absolute Gasteiger partial charge is 0.327 e. The minimum Gasteiger partial charge on any atom is -0.327 e. The van der Waals surface area contributed by atoms with E-state index in [9.17, 15) is 0 Å². The van der Waals surface area contributed by atoms with E-state index in [4.69, 9.17) is 5.73 Å². The lowest BCUT2D eigenvalue weighted by Gasteiger charge is -2.16. The lowest BCUT2D eigenvalue weighted by Crippen LogP contribution is -2.27. The molecular formula is C9H19N. The van der Waals surface area contributed by atoms with Crippen LogP contribution in [0.25, 0.3) is 0 Å². The standard InChI is InChI=1S/C9H19N/c1-4-6-7-9(10)8(3)5-2/h4,8-9H,1,5-7,10H2,2-3H3. The Morgan fingerprint density at radius 3 is 2.60 bits per heavy atom. The van der Waals surface area contributed by atoms with Gasteiger partial charge in [0.25, 0.3) is 0 Å². The highest BCUT2D eigenvalue weighted by molar-refractivity contribution is 4.74. The normalized spacial score (nSPS) is 16.3. The van der Waals surface area contributed by atoms with Gasteiger partial charge in [0.2, 0.25) is 0 Å². The molecule has 0 aliphatic rings. The zero-order chi connectivity index (χ0) is 7.98. The fourth-order valence-corrected chi connectivity index (χ4v) is 0.898. The third kappa shape index (κ3) is 3.67. The summed E-state index contributed by atoms with van der Waals surface area (Å²) in [5, 5.41) is 0. The van der Waals surface area contributed by atoms with Crippen molar-refractivity contribution in [1.82, 2.24) is 0 Å². The number of hydrogen-bond donors (Lipinski definition) is 1. The van der Waals surface area contributed by atoms with Crippen LogP contribution in [0.1, 0.15) is 33.1 Å². The molecule has 0 fully saturated rings. The highest BCUT2D eigenvalue weighted by atomic mass is 14.6. The summed E-state index contributed by atoms with van der Waals surface area (Å²) < 4.78 is 0. The summed E-state index contributed by atoms with van der Waals surface area (Å²) in [5.74, 6) is 0.653. The topological polar surface area (TPSA) is 26.0 Å². The van der Waals surface area contributed by atoms with Crippen LogP contribution in [-0.4, -0.2) is 6.04 Å². The van der Waals surface area contributed by atoms with Crippen LogP contribution < -0.4 is 5.73 Å². The second kappa shape index (κ2) is 5.48. The molecule has 0 amide bonds. The zero-order valence-electron chi connectivity index (χ0n) is 7.14. The lowest BCUT2D eigenvalue weighted by atomic mass is 9.96. The summed E-state index contributed by atoms with van der Waals surface area (Å²) >= 11 is 0. The van der Waals surface area contributed by atoms with E-state index in [1.54, 1.807) is 0 Å². The molecule has 10 heavy (non-hydrogen) atoms. The maximum absolute atomic E-state index is 5.87. The van der Waals surface area contributed by atoms with Gasteiger partial charge in [-0.2, -0.15) is 0 Å². The summed E-state index contributed by atoms with van der Waals surface area (Å²) in [7, 11) is 0. The Bertz CT molecular complexity index is 88.7. The fraction of sp³-hybridized carbons (Fsp3) is 0.778. The first kappa shape index (κ1) is 9.70. The van der Waals surface area contributed by atoms with Gasteiger partial charge in [0.15, 0.2) is 0 Å². The van der Waals surface area contributed by atoms with Crippen molar-refractivity contribution >= 4 is 0 Å². The molecule has 0 bridgehead atoms. The van der Waals surface area contributed by atoms with Crippen LogP contribution >= 0.6 is 0 Å². The van der Waals surface area contributed by atoms with Gasteiger partial charge in [-0.3, -0.25) is 0 Å². The monoisotopic (exact) mass is 141 g/mol. The first-order valence-corrected chi connectivity index (χ1v) is 4.08. The molecule has 60 valence electrons. The minimum absolute atomic E-state index is 0.364. The summed E-state index contributed by atoms with van der Waals surface area (Å²) in [6.07, 6.45) is 5.24. The highest BCUT2D eigenvalue weighted by Gasteiger charge is 2.08. The SMILES string of the molecule is C=CCCC(N)C(C)CC. The van der Waals surface area contributed by atoms with Crippen molar-refractivity contribution in [2.45, 2.75) is 39.2 Å². The highest BCUT2D eigenvalue weighted by Crippen LogP contribution is 2.09. The van der Waals surface area contributed by atoms with Crippen LogP contribution in [0.15, 0.2) is 12.7 Å². The molecule has 0 rings (SSSR count). The number of rotatable bonds is 5. The van der Waals surface area contributed by atoms with Gasteiger partial charge in [0.05, 0.1) is 0 Å². The maximum Gasteiger partial charge on any atom is 0.00673 e. The van der Waals surface area contributed by atoms with Crippen LogP contribution in [0.3, 0.4) is 0 Å². The summed E-state index contributed by atoms with van der Waals surface area (Å²) in [6, 6.07) is 0.364. The molecule has 0 aromatic rings. The average molecular weight is 141 g/mol. The molecule has 2 N–H and O–H groups in total. The van der Waals surface area contributed by atoms with Crippen LogP contribution in [0, 0.1) is 5.92 Å². The van der Waals surface area contributed by atoms with E-state index >= 15 is 0 Å². The van der Waals surface area contributed by atoms with E-state index in [0.29, 0.717) is 12.0 Å². The van der Waals surface area contributed by atoms with E-state index in [1.165, 1.54) is 6.42 Å². The van der Waals surface area contributed by atoms with Crippen LogP contribution in [0.2, 0.25) is 0 Å². The van der Waals surface area contributed by atoms with Crippen molar-refractivity contribution in [2.24, 2.45) is 11.7 Å². The Morgan fingerprint density at radius 2 is 2.20 bits per heavy atom. The van der Waals surface area contributed by atoms with Gasteiger partial charge in [-0.15, -0.1) is 6.58 Å². The number of allylic oxidation sites excluding steroid dienone is 1. The third-order valence-corrected chi connectivity index (χ3v) is 2.08. The van der Waals surface area contributed by atoms with Gasteiger partial charge in [-0.25, -0.2) is 0 Å². The number of hydrogen-bond acceptors (Lipinski definition) is 1. The number of nitrogens with two attached hydrogens (primary N) is 1. The molecule has 2 atom stereocenters.